The van der Waals surface area contributed by atoms with E-state index < -0.39 is 35.1 Å². The minimum Gasteiger partial charge on any atom is -0.449 e. The average molecular weight is 284 g/mol. The van der Waals surface area contributed by atoms with Gasteiger partial charge >= 0.3 is 12.1 Å². The highest BCUT2D eigenvalue weighted by atomic mass is 19.4. The quantitative estimate of drug-likeness (QED) is 0.786. The predicted molar refractivity (Wildman–Crippen MR) is 60.1 cm³/mol. The van der Waals surface area contributed by atoms with E-state index in [0.717, 1.165) is 0 Å². The van der Waals surface area contributed by atoms with E-state index in [1.54, 1.807) is 17.2 Å². The fourth-order valence-electron chi connectivity index (χ4n) is 2.20. The number of alkyl halides is 3. The number of hydrogen-bond acceptors (Lipinski definition) is 3. The number of cyclic esters (lactones) is 1. The number of hydrogen-bond donors (Lipinski definition) is 2. The highest BCUT2D eigenvalue weighted by Gasteiger charge is 2.43. The molecule has 5 nitrogen and oxygen atoms in total. The van der Waals surface area contributed by atoms with E-state index >= 15 is 0 Å². The average Bonchev–Trinajstić information content (AvgIpc) is 2.91. The minimum absolute atomic E-state index is 0.159. The predicted octanol–water partition coefficient (Wildman–Crippen LogP) is 1.98. The molecule has 1 unspecified atom stereocenters. The van der Waals surface area contributed by atoms with Crippen LogP contribution in [0.5, 0.6) is 0 Å². The van der Waals surface area contributed by atoms with Crippen LogP contribution in [-0.4, -0.2) is 16.2 Å². The monoisotopic (exact) mass is 284 g/mol. The van der Waals surface area contributed by atoms with Gasteiger partial charge in [0.2, 0.25) is 0 Å². The van der Waals surface area contributed by atoms with E-state index in [4.69, 9.17) is 4.74 Å². The fourth-order valence-corrected chi connectivity index (χ4v) is 2.20. The van der Waals surface area contributed by atoms with Gasteiger partial charge in [0.15, 0.2) is 6.10 Å². The number of fused-ring (bicyclic) bond motifs is 1. The molecular weight excluding hydrogens is 277 g/mol. The van der Waals surface area contributed by atoms with E-state index in [9.17, 15) is 22.8 Å². The van der Waals surface area contributed by atoms with Crippen molar-refractivity contribution >= 4 is 5.97 Å². The van der Waals surface area contributed by atoms with Crippen molar-refractivity contribution in [1.82, 2.24) is 10.2 Å². The zero-order valence-corrected chi connectivity index (χ0v) is 9.75. The van der Waals surface area contributed by atoms with Crippen molar-refractivity contribution in [3.63, 3.8) is 0 Å². The minimum atomic E-state index is -4.75. The summed E-state index contributed by atoms with van der Waals surface area (Å²) in [5, 5.41) is 3.66. The van der Waals surface area contributed by atoms with Gasteiger partial charge in [0.25, 0.3) is 5.56 Å². The number of nitrogens with one attached hydrogen (secondary N) is 2. The number of benzene rings is 1. The smallest absolute Gasteiger partial charge is 0.433 e. The molecule has 0 radical (unpaired) electrons. The summed E-state index contributed by atoms with van der Waals surface area (Å²) < 4.78 is 43.5. The fraction of sp³-hybridized carbons (Fsp3) is 0.167. The molecule has 1 aromatic heterocycles. The molecule has 1 aromatic carbocycles. The molecular formula is C12H7F3N2O3. The van der Waals surface area contributed by atoms with Crippen LogP contribution in [0.2, 0.25) is 0 Å². The zero-order chi connectivity index (χ0) is 14.5. The van der Waals surface area contributed by atoms with Gasteiger partial charge in [0.1, 0.15) is 5.69 Å². The maximum atomic E-state index is 12.9. The number of halogens is 3. The normalized spacial score (nSPS) is 17.9. The van der Waals surface area contributed by atoms with Crippen LogP contribution in [0.25, 0.3) is 0 Å². The third-order valence-electron chi connectivity index (χ3n) is 3.05. The van der Waals surface area contributed by atoms with E-state index in [-0.39, 0.29) is 11.1 Å². The Kier molecular flexibility index (Phi) is 2.50. The molecule has 0 amide bonds. The Labute approximate surface area is 109 Å². The van der Waals surface area contributed by atoms with Crippen molar-refractivity contribution in [1.29, 1.82) is 0 Å². The van der Waals surface area contributed by atoms with Crippen molar-refractivity contribution in [2.75, 3.05) is 0 Å². The van der Waals surface area contributed by atoms with Crippen LogP contribution in [0.3, 0.4) is 0 Å². The maximum absolute atomic E-state index is 12.9. The van der Waals surface area contributed by atoms with E-state index in [1.165, 1.54) is 12.1 Å². The van der Waals surface area contributed by atoms with Gasteiger partial charge in [-0.1, -0.05) is 18.2 Å². The molecule has 0 aliphatic carbocycles. The molecule has 3 rings (SSSR count). The Morgan fingerprint density at radius 3 is 2.50 bits per heavy atom. The number of carbonyl (C=O) groups is 1. The summed E-state index contributed by atoms with van der Waals surface area (Å²) in [6.45, 7) is 0. The summed E-state index contributed by atoms with van der Waals surface area (Å²) in [5.74, 6) is -0.751. The lowest BCUT2D eigenvalue weighted by atomic mass is 9.99. The van der Waals surface area contributed by atoms with Crippen LogP contribution >= 0.6 is 0 Å². The van der Waals surface area contributed by atoms with E-state index in [0.29, 0.717) is 0 Å². The lowest BCUT2D eigenvalue weighted by Gasteiger charge is -2.12. The van der Waals surface area contributed by atoms with Gasteiger partial charge in [-0.2, -0.15) is 13.2 Å². The van der Waals surface area contributed by atoms with Crippen LogP contribution < -0.4 is 5.56 Å². The van der Waals surface area contributed by atoms with Gasteiger partial charge in [-0.3, -0.25) is 15.0 Å². The molecule has 1 aliphatic heterocycles. The highest BCUT2D eigenvalue weighted by molar-refractivity contribution is 5.94. The topological polar surface area (TPSA) is 75.0 Å². The van der Waals surface area contributed by atoms with Crippen LogP contribution in [0.1, 0.15) is 33.3 Å². The molecule has 20 heavy (non-hydrogen) atoms. The molecule has 2 aromatic rings. The standard InChI is InChI=1S/C12H7F3N2O3/c13-12(14,15)9-7(10(18)17-16-9)8-5-3-1-2-4-6(5)11(19)20-8/h1-4,8H,(H2,16,17,18). The van der Waals surface area contributed by atoms with Gasteiger partial charge in [-0.25, -0.2) is 4.79 Å². The molecule has 2 N–H and O–H groups in total. The Bertz CT molecular complexity index is 745. The van der Waals surface area contributed by atoms with Gasteiger partial charge in [-0.15, -0.1) is 0 Å². The van der Waals surface area contributed by atoms with Crippen molar-refractivity contribution in [2.45, 2.75) is 12.3 Å². The third-order valence-corrected chi connectivity index (χ3v) is 3.05. The van der Waals surface area contributed by atoms with Crippen molar-refractivity contribution in [3.05, 3.63) is 57.0 Å². The van der Waals surface area contributed by atoms with Crippen LogP contribution in [0.4, 0.5) is 13.2 Å². The maximum Gasteiger partial charge on any atom is 0.433 e. The summed E-state index contributed by atoms with van der Waals surface area (Å²) >= 11 is 0. The van der Waals surface area contributed by atoms with Crippen LogP contribution in [-0.2, 0) is 10.9 Å². The molecule has 1 aliphatic rings. The molecule has 8 heteroatoms. The van der Waals surface area contributed by atoms with Gasteiger partial charge < -0.3 is 4.74 Å². The lowest BCUT2D eigenvalue weighted by molar-refractivity contribution is -0.142. The van der Waals surface area contributed by atoms with Crippen molar-refractivity contribution in [3.8, 4) is 0 Å². The molecule has 0 fully saturated rings. The summed E-state index contributed by atoms with van der Waals surface area (Å²) in [6.07, 6.45) is -6.11. The second-order valence-electron chi connectivity index (χ2n) is 4.24. The van der Waals surface area contributed by atoms with Crippen molar-refractivity contribution in [2.24, 2.45) is 0 Å². The zero-order valence-electron chi connectivity index (χ0n) is 9.75. The first kappa shape index (κ1) is 12.5. The van der Waals surface area contributed by atoms with E-state index in [1.807, 2.05) is 5.10 Å². The number of aromatic amines is 2. The van der Waals surface area contributed by atoms with E-state index in [2.05, 4.69) is 0 Å². The van der Waals surface area contributed by atoms with Gasteiger partial charge in [0.05, 0.1) is 11.1 Å². The number of esters is 1. The first-order valence-corrected chi connectivity index (χ1v) is 5.57. The first-order chi connectivity index (χ1) is 9.39. The molecule has 0 saturated carbocycles. The van der Waals surface area contributed by atoms with Crippen LogP contribution in [0.15, 0.2) is 29.1 Å². The Balaban J connectivity index is 2.20. The molecule has 1 atom stereocenters. The van der Waals surface area contributed by atoms with Gasteiger partial charge in [-0.05, 0) is 6.07 Å². The lowest BCUT2D eigenvalue weighted by Crippen LogP contribution is -2.18. The first-order valence-electron chi connectivity index (χ1n) is 5.57. The summed E-state index contributed by atoms with van der Waals surface area (Å²) in [7, 11) is 0. The number of carbonyl (C=O) groups excluding carboxylic acids is 1. The molecule has 0 saturated heterocycles. The Morgan fingerprint density at radius 2 is 1.80 bits per heavy atom. The Morgan fingerprint density at radius 1 is 1.10 bits per heavy atom. The molecule has 0 bridgehead atoms. The second kappa shape index (κ2) is 3.99. The number of ether oxygens (including phenoxy) is 1. The van der Waals surface area contributed by atoms with Crippen LogP contribution in [0, 0.1) is 0 Å². The van der Waals surface area contributed by atoms with Crippen molar-refractivity contribution < 1.29 is 22.7 Å². The third kappa shape index (κ3) is 1.72. The SMILES string of the molecule is O=C1OC(c2c(C(F)(F)F)[nH][nH]c2=O)c2ccccc21. The summed E-state index contributed by atoms with van der Waals surface area (Å²) in [6, 6.07) is 6.01. The molecule has 2 heterocycles. The molecule has 0 spiro atoms. The Hall–Kier alpha value is -2.51. The molecule has 104 valence electrons. The van der Waals surface area contributed by atoms with Gasteiger partial charge in [0, 0.05) is 5.56 Å². The second-order valence-corrected chi connectivity index (χ2v) is 4.24. The summed E-state index contributed by atoms with van der Waals surface area (Å²) in [4.78, 5) is 23.2. The highest BCUT2D eigenvalue weighted by Crippen LogP contribution is 2.39. The number of rotatable bonds is 1. The summed E-state index contributed by atoms with van der Waals surface area (Å²) in [5.41, 5.74) is -2.45. The largest absolute Gasteiger partial charge is 0.449 e. The number of aromatic nitrogens is 2. The number of H-pyrrole nitrogens is 2.